The average molecular weight is 267 g/mol. The van der Waals surface area contributed by atoms with Gasteiger partial charge in [-0.25, -0.2) is 4.98 Å². The van der Waals surface area contributed by atoms with E-state index in [1.54, 1.807) is 18.4 Å². The number of imidazole rings is 1. The summed E-state index contributed by atoms with van der Waals surface area (Å²) < 4.78 is 7.14. The molecule has 0 fully saturated rings. The monoisotopic (exact) mass is 267 g/mol. The predicted molar refractivity (Wildman–Crippen MR) is 75.3 cm³/mol. The minimum atomic E-state index is 0.472. The van der Waals surface area contributed by atoms with Crippen LogP contribution >= 0.6 is 11.3 Å². The lowest BCUT2D eigenvalue weighted by Crippen LogP contribution is -2.35. The van der Waals surface area contributed by atoms with Crippen molar-refractivity contribution in [3.8, 4) is 0 Å². The number of ether oxygens (including phenoxy) is 1. The van der Waals surface area contributed by atoms with E-state index >= 15 is 0 Å². The van der Waals surface area contributed by atoms with E-state index in [-0.39, 0.29) is 0 Å². The van der Waals surface area contributed by atoms with Gasteiger partial charge in [0.15, 0.2) is 4.96 Å². The highest BCUT2D eigenvalue weighted by molar-refractivity contribution is 7.15. The van der Waals surface area contributed by atoms with Crippen molar-refractivity contribution in [1.29, 1.82) is 0 Å². The molecule has 2 aromatic heterocycles. The summed E-state index contributed by atoms with van der Waals surface area (Å²) in [5, 5.41) is 5.53. The second-order valence-corrected chi connectivity index (χ2v) is 5.62. The first-order valence-electron chi connectivity index (χ1n) is 6.34. The zero-order valence-corrected chi connectivity index (χ0v) is 12.0. The first-order chi connectivity index (χ1) is 8.70. The summed E-state index contributed by atoms with van der Waals surface area (Å²) in [6, 6.07) is 0.472. The Hall–Kier alpha value is -0.910. The SMILES string of the molecule is COCCNC(C)C(C)Cc1cn2ccsc2n1. The van der Waals surface area contributed by atoms with Gasteiger partial charge in [0.25, 0.3) is 0 Å². The van der Waals surface area contributed by atoms with E-state index < -0.39 is 0 Å². The Morgan fingerprint density at radius 3 is 3.06 bits per heavy atom. The maximum Gasteiger partial charge on any atom is 0.193 e. The number of nitrogens with one attached hydrogen (secondary N) is 1. The van der Waals surface area contributed by atoms with Crippen LogP contribution in [-0.4, -0.2) is 35.7 Å². The second kappa shape index (κ2) is 6.31. The van der Waals surface area contributed by atoms with Crippen molar-refractivity contribution >= 4 is 16.3 Å². The Kier molecular flexibility index (Phi) is 4.74. The van der Waals surface area contributed by atoms with Gasteiger partial charge in [0.2, 0.25) is 0 Å². The molecule has 2 rings (SSSR count). The summed E-state index contributed by atoms with van der Waals surface area (Å²) in [6.07, 6.45) is 5.20. The third kappa shape index (κ3) is 3.31. The number of hydrogen-bond donors (Lipinski definition) is 1. The van der Waals surface area contributed by atoms with Gasteiger partial charge in [-0.05, 0) is 19.3 Å². The number of methoxy groups -OCH3 is 1. The fourth-order valence-electron chi connectivity index (χ4n) is 1.97. The van der Waals surface area contributed by atoms with E-state index in [0.29, 0.717) is 12.0 Å². The molecule has 5 heteroatoms. The molecule has 100 valence electrons. The first kappa shape index (κ1) is 13.5. The highest BCUT2D eigenvalue weighted by Gasteiger charge is 2.14. The zero-order chi connectivity index (χ0) is 13.0. The summed E-state index contributed by atoms with van der Waals surface area (Å²) in [5.74, 6) is 0.562. The van der Waals surface area contributed by atoms with Crippen molar-refractivity contribution < 1.29 is 4.74 Å². The first-order valence-corrected chi connectivity index (χ1v) is 7.22. The summed E-state index contributed by atoms with van der Waals surface area (Å²) in [7, 11) is 1.73. The van der Waals surface area contributed by atoms with Gasteiger partial charge < -0.3 is 10.1 Å². The molecule has 4 nitrogen and oxygen atoms in total. The van der Waals surface area contributed by atoms with Crippen LogP contribution in [0.4, 0.5) is 0 Å². The molecule has 0 aromatic carbocycles. The van der Waals surface area contributed by atoms with Gasteiger partial charge >= 0.3 is 0 Å². The van der Waals surface area contributed by atoms with Crippen molar-refractivity contribution in [2.75, 3.05) is 20.3 Å². The third-order valence-electron chi connectivity index (χ3n) is 3.30. The lowest BCUT2D eigenvalue weighted by atomic mass is 9.98. The Balaban J connectivity index is 1.86. The minimum absolute atomic E-state index is 0.472. The molecule has 0 aliphatic heterocycles. The Bertz CT molecular complexity index is 451. The molecule has 0 aliphatic rings. The Morgan fingerprint density at radius 2 is 2.33 bits per heavy atom. The Morgan fingerprint density at radius 1 is 1.50 bits per heavy atom. The van der Waals surface area contributed by atoms with Gasteiger partial charge in [-0.2, -0.15) is 0 Å². The normalized spacial score (nSPS) is 15.1. The molecule has 2 unspecified atom stereocenters. The van der Waals surface area contributed by atoms with Crippen LogP contribution in [0.25, 0.3) is 4.96 Å². The molecular formula is C13H21N3OS. The lowest BCUT2D eigenvalue weighted by molar-refractivity contribution is 0.192. The average Bonchev–Trinajstić information content (AvgIpc) is 2.89. The highest BCUT2D eigenvalue weighted by atomic mass is 32.1. The van der Waals surface area contributed by atoms with Gasteiger partial charge in [0.1, 0.15) is 0 Å². The largest absolute Gasteiger partial charge is 0.383 e. The van der Waals surface area contributed by atoms with Gasteiger partial charge in [0.05, 0.1) is 12.3 Å². The molecule has 0 radical (unpaired) electrons. The number of fused-ring (bicyclic) bond motifs is 1. The summed E-state index contributed by atoms with van der Waals surface area (Å²) in [6.45, 7) is 6.15. The van der Waals surface area contributed by atoms with Gasteiger partial charge in [-0.15, -0.1) is 11.3 Å². The fraction of sp³-hybridized carbons (Fsp3) is 0.615. The molecule has 2 aromatic rings. The number of aromatic nitrogens is 2. The molecule has 0 saturated heterocycles. The molecule has 0 amide bonds. The molecule has 2 atom stereocenters. The molecule has 0 bridgehead atoms. The van der Waals surface area contributed by atoms with Crippen LogP contribution in [0.2, 0.25) is 0 Å². The highest BCUT2D eigenvalue weighted by Crippen LogP contribution is 2.15. The molecule has 18 heavy (non-hydrogen) atoms. The molecule has 1 N–H and O–H groups in total. The molecular weight excluding hydrogens is 246 g/mol. The minimum Gasteiger partial charge on any atom is -0.383 e. The van der Waals surface area contributed by atoms with Crippen molar-refractivity contribution in [2.45, 2.75) is 26.3 Å². The van der Waals surface area contributed by atoms with Gasteiger partial charge in [0, 0.05) is 37.5 Å². The number of rotatable bonds is 7. The maximum atomic E-state index is 5.04. The number of thiazole rings is 1. The van der Waals surface area contributed by atoms with Gasteiger partial charge in [-0.3, -0.25) is 4.40 Å². The van der Waals surface area contributed by atoms with E-state index in [4.69, 9.17) is 4.74 Å². The second-order valence-electron chi connectivity index (χ2n) is 4.74. The zero-order valence-electron chi connectivity index (χ0n) is 11.2. The third-order valence-corrected chi connectivity index (χ3v) is 4.07. The van der Waals surface area contributed by atoms with Crippen LogP contribution in [0.1, 0.15) is 19.5 Å². The van der Waals surface area contributed by atoms with E-state index in [0.717, 1.165) is 24.5 Å². The molecule has 0 spiro atoms. The van der Waals surface area contributed by atoms with E-state index in [1.807, 2.05) is 0 Å². The summed E-state index contributed by atoms with van der Waals surface area (Å²) in [4.78, 5) is 5.70. The van der Waals surface area contributed by atoms with Crippen molar-refractivity contribution in [2.24, 2.45) is 5.92 Å². The van der Waals surface area contributed by atoms with Crippen molar-refractivity contribution in [3.63, 3.8) is 0 Å². The van der Waals surface area contributed by atoms with Crippen molar-refractivity contribution in [1.82, 2.24) is 14.7 Å². The van der Waals surface area contributed by atoms with Crippen LogP contribution in [0.5, 0.6) is 0 Å². The number of nitrogens with zero attached hydrogens (tertiary/aromatic N) is 2. The predicted octanol–water partition coefficient (Wildman–Crippen LogP) is 2.20. The quantitative estimate of drug-likeness (QED) is 0.782. The summed E-state index contributed by atoms with van der Waals surface area (Å²) >= 11 is 1.68. The maximum absolute atomic E-state index is 5.04. The van der Waals surface area contributed by atoms with Crippen LogP contribution < -0.4 is 5.32 Å². The van der Waals surface area contributed by atoms with E-state index in [2.05, 4.69) is 46.3 Å². The molecule has 2 heterocycles. The molecule has 0 saturated carbocycles. The van der Waals surface area contributed by atoms with E-state index in [1.165, 1.54) is 5.69 Å². The Labute approximate surface area is 112 Å². The lowest BCUT2D eigenvalue weighted by Gasteiger charge is -2.20. The molecule has 0 aliphatic carbocycles. The standard InChI is InChI=1S/C13H21N3OS/c1-10(11(2)14-4-6-17-3)8-12-9-16-5-7-18-13(16)15-12/h5,7,9-11,14H,4,6,8H2,1-3H3. The topological polar surface area (TPSA) is 38.6 Å². The van der Waals surface area contributed by atoms with Crippen molar-refractivity contribution in [3.05, 3.63) is 23.5 Å². The smallest absolute Gasteiger partial charge is 0.193 e. The van der Waals surface area contributed by atoms with Gasteiger partial charge in [-0.1, -0.05) is 6.92 Å². The van der Waals surface area contributed by atoms with Crippen LogP contribution in [0.3, 0.4) is 0 Å². The van der Waals surface area contributed by atoms with E-state index in [9.17, 15) is 0 Å². The van der Waals surface area contributed by atoms with Crippen LogP contribution in [0, 0.1) is 5.92 Å². The number of hydrogen-bond acceptors (Lipinski definition) is 4. The van der Waals surface area contributed by atoms with Crippen LogP contribution in [-0.2, 0) is 11.2 Å². The summed E-state index contributed by atoms with van der Waals surface area (Å²) in [5.41, 5.74) is 1.18. The fourth-order valence-corrected chi connectivity index (χ4v) is 2.69. The van der Waals surface area contributed by atoms with Crippen LogP contribution in [0.15, 0.2) is 17.8 Å².